The number of nitrogens with one attached hydrogen (secondary N) is 1. The Hall–Kier alpha value is -1.44. The van der Waals surface area contributed by atoms with Gasteiger partial charge in [-0.25, -0.2) is 13.1 Å². The standard InChI is InChI=1S/C13H20N2O4S/c1-4-15(3)13(17)9-14-20(18,19)12-7-5-11(6-8-12)10(2)16/h5-8,10,14,16H,4,9H2,1-3H3. The second-order valence-corrected chi connectivity index (χ2v) is 6.24. The van der Waals surface area contributed by atoms with E-state index in [4.69, 9.17) is 0 Å². The highest BCUT2D eigenvalue weighted by molar-refractivity contribution is 7.89. The van der Waals surface area contributed by atoms with Crippen molar-refractivity contribution in [1.82, 2.24) is 9.62 Å². The van der Waals surface area contributed by atoms with Crippen LogP contribution in [0.25, 0.3) is 0 Å². The molecule has 1 atom stereocenters. The fourth-order valence-corrected chi connectivity index (χ4v) is 2.45. The summed E-state index contributed by atoms with van der Waals surface area (Å²) in [7, 11) is -2.11. The predicted octanol–water partition coefficient (Wildman–Crippen LogP) is 0.497. The first-order valence-electron chi connectivity index (χ1n) is 6.29. The average Bonchev–Trinajstić information content (AvgIpc) is 2.44. The largest absolute Gasteiger partial charge is 0.389 e. The van der Waals surface area contributed by atoms with Gasteiger partial charge in [-0.1, -0.05) is 12.1 Å². The molecule has 0 heterocycles. The number of likely N-dealkylation sites (N-methyl/N-ethyl adjacent to an activating group) is 1. The van der Waals surface area contributed by atoms with E-state index in [2.05, 4.69) is 4.72 Å². The minimum Gasteiger partial charge on any atom is -0.389 e. The number of aliphatic hydroxyl groups excluding tert-OH is 1. The van der Waals surface area contributed by atoms with Gasteiger partial charge in [-0.2, -0.15) is 0 Å². The molecule has 0 spiro atoms. The third-order valence-electron chi connectivity index (χ3n) is 2.99. The molecular formula is C13H20N2O4S. The highest BCUT2D eigenvalue weighted by Gasteiger charge is 2.17. The number of carbonyl (C=O) groups is 1. The molecule has 1 aromatic carbocycles. The number of carbonyl (C=O) groups excluding carboxylic acids is 1. The summed E-state index contributed by atoms with van der Waals surface area (Å²) in [5.74, 6) is -0.295. The molecule has 1 amide bonds. The second-order valence-electron chi connectivity index (χ2n) is 4.48. The van der Waals surface area contributed by atoms with Crippen molar-refractivity contribution in [3.63, 3.8) is 0 Å². The predicted molar refractivity (Wildman–Crippen MR) is 75.6 cm³/mol. The number of hydrogen-bond donors (Lipinski definition) is 2. The van der Waals surface area contributed by atoms with Crippen LogP contribution in [0.5, 0.6) is 0 Å². The van der Waals surface area contributed by atoms with Crippen molar-refractivity contribution in [2.45, 2.75) is 24.8 Å². The fraction of sp³-hybridized carbons (Fsp3) is 0.462. The molecule has 0 saturated carbocycles. The Morgan fingerprint density at radius 3 is 2.35 bits per heavy atom. The molecule has 0 bridgehead atoms. The molecule has 20 heavy (non-hydrogen) atoms. The highest BCUT2D eigenvalue weighted by Crippen LogP contribution is 2.15. The summed E-state index contributed by atoms with van der Waals surface area (Å²) < 4.78 is 26.2. The first-order chi connectivity index (χ1) is 9.27. The first kappa shape index (κ1) is 16.6. The Morgan fingerprint density at radius 1 is 1.35 bits per heavy atom. The molecule has 0 aliphatic heterocycles. The molecule has 0 aliphatic rings. The van der Waals surface area contributed by atoms with Crippen molar-refractivity contribution in [1.29, 1.82) is 0 Å². The Kier molecular flexibility index (Phi) is 5.67. The smallest absolute Gasteiger partial charge is 0.241 e. The monoisotopic (exact) mass is 300 g/mol. The molecule has 1 unspecified atom stereocenters. The van der Waals surface area contributed by atoms with E-state index in [1.807, 2.05) is 0 Å². The van der Waals surface area contributed by atoms with Gasteiger partial charge in [0.15, 0.2) is 0 Å². The lowest BCUT2D eigenvalue weighted by Gasteiger charge is -2.15. The summed E-state index contributed by atoms with van der Waals surface area (Å²) >= 11 is 0. The van der Waals surface area contributed by atoms with E-state index in [0.29, 0.717) is 12.1 Å². The topological polar surface area (TPSA) is 86.7 Å². The van der Waals surface area contributed by atoms with Crippen LogP contribution in [0, 0.1) is 0 Å². The van der Waals surface area contributed by atoms with Crippen LogP contribution in [0.3, 0.4) is 0 Å². The van der Waals surface area contributed by atoms with Crippen molar-refractivity contribution >= 4 is 15.9 Å². The van der Waals surface area contributed by atoms with Crippen LogP contribution in [0.4, 0.5) is 0 Å². The first-order valence-corrected chi connectivity index (χ1v) is 7.78. The maximum Gasteiger partial charge on any atom is 0.241 e. The van der Waals surface area contributed by atoms with E-state index < -0.39 is 16.1 Å². The quantitative estimate of drug-likeness (QED) is 0.801. The van der Waals surface area contributed by atoms with Crippen molar-refractivity contribution in [3.8, 4) is 0 Å². The van der Waals surface area contributed by atoms with Crippen molar-refractivity contribution in [2.75, 3.05) is 20.1 Å². The zero-order valence-electron chi connectivity index (χ0n) is 11.8. The van der Waals surface area contributed by atoms with Crippen molar-refractivity contribution in [2.24, 2.45) is 0 Å². The van der Waals surface area contributed by atoms with Gasteiger partial charge in [0, 0.05) is 13.6 Å². The number of benzene rings is 1. The number of rotatable bonds is 6. The van der Waals surface area contributed by atoms with Crippen LogP contribution < -0.4 is 4.72 Å². The molecular weight excluding hydrogens is 280 g/mol. The number of sulfonamides is 1. The van der Waals surface area contributed by atoms with Gasteiger partial charge in [0.05, 0.1) is 17.5 Å². The zero-order chi connectivity index (χ0) is 15.3. The van der Waals surface area contributed by atoms with Gasteiger partial charge in [0.1, 0.15) is 0 Å². The van der Waals surface area contributed by atoms with Crippen LogP contribution in [0.2, 0.25) is 0 Å². The van der Waals surface area contributed by atoms with Crippen LogP contribution in [-0.2, 0) is 14.8 Å². The molecule has 1 aromatic rings. The highest BCUT2D eigenvalue weighted by atomic mass is 32.2. The molecule has 0 aliphatic carbocycles. The number of aliphatic hydroxyl groups is 1. The summed E-state index contributed by atoms with van der Waals surface area (Å²) in [6.45, 7) is 3.65. The van der Waals surface area contributed by atoms with E-state index in [9.17, 15) is 18.3 Å². The van der Waals surface area contributed by atoms with Gasteiger partial charge < -0.3 is 10.0 Å². The normalized spacial score (nSPS) is 13.0. The Balaban J connectivity index is 2.76. The molecule has 112 valence electrons. The Labute approximate surface area is 119 Å². The van der Waals surface area contributed by atoms with Crippen molar-refractivity contribution in [3.05, 3.63) is 29.8 Å². The van der Waals surface area contributed by atoms with E-state index in [-0.39, 0.29) is 17.3 Å². The summed E-state index contributed by atoms with van der Waals surface area (Å²) in [4.78, 5) is 13.1. The maximum atomic E-state index is 12.0. The van der Waals surface area contributed by atoms with E-state index in [1.165, 1.54) is 17.0 Å². The fourth-order valence-electron chi connectivity index (χ4n) is 1.48. The van der Waals surface area contributed by atoms with E-state index in [1.54, 1.807) is 33.0 Å². The van der Waals surface area contributed by atoms with E-state index >= 15 is 0 Å². The van der Waals surface area contributed by atoms with Crippen LogP contribution in [-0.4, -0.2) is 44.5 Å². The van der Waals surface area contributed by atoms with Gasteiger partial charge in [-0.05, 0) is 31.5 Å². The third-order valence-corrected chi connectivity index (χ3v) is 4.40. The van der Waals surface area contributed by atoms with E-state index in [0.717, 1.165) is 0 Å². The summed E-state index contributed by atoms with van der Waals surface area (Å²) in [6.07, 6.45) is -0.653. The lowest BCUT2D eigenvalue weighted by atomic mass is 10.1. The molecule has 2 N–H and O–H groups in total. The van der Waals surface area contributed by atoms with Crippen LogP contribution >= 0.6 is 0 Å². The molecule has 6 nitrogen and oxygen atoms in total. The Bertz CT molecular complexity index is 552. The molecule has 0 saturated heterocycles. The molecule has 1 rings (SSSR count). The summed E-state index contributed by atoms with van der Waals surface area (Å²) in [5, 5.41) is 9.37. The van der Waals surface area contributed by atoms with Gasteiger partial charge >= 0.3 is 0 Å². The molecule has 0 fully saturated rings. The van der Waals surface area contributed by atoms with Gasteiger partial charge in [-0.15, -0.1) is 0 Å². The lowest BCUT2D eigenvalue weighted by molar-refractivity contribution is -0.128. The summed E-state index contributed by atoms with van der Waals surface area (Å²) in [6, 6.07) is 5.88. The number of nitrogens with zero attached hydrogens (tertiary/aromatic N) is 1. The van der Waals surface area contributed by atoms with Crippen molar-refractivity contribution < 1.29 is 18.3 Å². The van der Waals surface area contributed by atoms with Gasteiger partial charge in [0.25, 0.3) is 0 Å². The average molecular weight is 300 g/mol. The minimum atomic E-state index is -3.72. The van der Waals surface area contributed by atoms with Crippen LogP contribution in [0.15, 0.2) is 29.2 Å². The molecule has 0 aromatic heterocycles. The SMILES string of the molecule is CCN(C)C(=O)CNS(=O)(=O)c1ccc(C(C)O)cc1. The van der Waals surface area contributed by atoms with Crippen LogP contribution in [0.1, 0.15) is 25.5 Å². The zero-order valence-corrected chi connectivity index (χ0v) is 12.6. The summed E-state index contributed by atoms with van der Waals surface area (Å²) in [5.41, 5.74) is 0.630. The third kappa shape index (κ3) is 4.29. The molecule has 7 heteroatoms. The van der Waals surface area contributed by atoms with Gasteiger partial charge in [0.2, 0.25) is 15.9 Å². The number of amides is 1. The maximum absolute atomic E-state index is 12.0. The molecule has 0 radical (unpaired) electrons. The Morgan fingerprint density at radius 2 is 1.90 bits per heavy atom. The number of hydrogen-bond acceptors (Lipinski definition) is 4. The lowest BCUT2D eigenvalue weighted by Crippen LogP contribution is -2.37. The second kappa shape index (κ2) is 6.83. The minimum absolute atomic E-state index is 0.0638. The van der Waals surface area contributed by atoms with Gasteiger partial charge in [-0.3, -0.25) is 4.79 Å².